The number of carbonyl (C=O) groups excluding carboxylic acids is 2. The summed E-state index contributed by atoms with van der Waals surface area (Å²) in [5, 5.41) is 6.86. The largest absolute Gasteiger partial charge is 0.354 e. The van der Waals surface area contributed by atoms with E-state index < -0.39 is 17.7 Å². The molecular weight excluding hydrogens is 630 g/mol. The van der Waals surface area contributed by atoms with Crippen LogP contribution in [-0.2, 0) is 11.3 Å². The number of imide groups is 1. The number of nitrogens with zero attached hydrogens (tertiary/aromatic N) is 9. The maximum atomic E-state index is 14.7. The lowest BCUT2D eigenvalue weighted by Crippen LogP contribution is -2.49. The predicted octanol–water partition coefficient (Wildman–Crippen LogP) is 4.57. The minimum atomic E-state index is -0.453. The van der Waals surface area contributed by atoms with Crippen molar-refractivity contribution in [3.8, 4) is 11.3 Å². The van der Waals surface area contributed by atoms with Gasteiger partial charge in [-0.3, -0.25) is 24.9 Å². The highest BCUT2D eigenvalue weighted by molar-refractivity contribution is 6.05. The van der Waals surface area contributed by atoms with Crippen molar-refractivity contribution in [3.05, 3.63) is 96.1 Å². The molecule has 1 N–H and O–H groups in total. The number of nitrogens with one attached hydrogen (secondary N) is 1. The van der Waals surface area contributed by atoms with Crippen LogP contribution in [0.2, 0.25) is 0 Å². The van der Waals surface area contributed by atoms with E-state index in [1.54, 1.807) is 16.9 Å². The molecule has 0 aliphatic carbocycles. The summed E-state index contributed by atoms with van der Waals surface area (Å²) in [7, 11) is 0. The second-order valence-electron chi connectivity index (χ2n) is 12.5. The molecule has 250 valence electrons. The van der Waals surface area contributed by atoms with E-state index in [0.717, 1.165) is 61.4 Å². The van der Waals surface area contributed by atoms with Gasteiger partial charge in [0.25, 0.3) is 0 Å². The number of carbonyl (C=O) groups is 2. The number of rotatable bonds is 7. The summed E-state index contributed by atoms with van der Waals surface area (Å²) in [5.74, 6) is 0.427. The van der Waals surface area contributed by atoms with E-state index in [1.807, 2.05) is 47.5 Å². The van der Waals surface area contributed by atoms with Gasteiger partial charge in [0.15, 0.2) is 5.65 Å². The first-order valence-corrected chi connectivity index (χ1v) is 16.5. The molecule has 14 heteroatoms. The van der Waals surface area contributed by atoms with Crippen LogP contribution in [0.1, 0.15) is 36.6 Å². The number of hydrogen-bond donors (Lipinski definition) is 1. The van der Waals surface area contributed by atoms with Gasteiger partial charge >= 0.3 is 6.03 Å². The van der Waals surface area contributed by atoms with Gasteiger partial charge in [-0.2, -0.15) is 5.10 Å². The fourth-order valence-electron chi connectivity index (χ4n) is 6.93. The van der Waals surface area contributed by atoms with Gasteiger partial charge in [-0.05, 0) is 61.4 Å². The summed E-state index contributed by atoms with van der Waals surface area (Å²) in [4.78, 5) is 46.3. The molecule has 7 heterocycles. The maximum absolute atomic E-state index is 14.7. The number of pyridine rings is 2. The van der Waals surface area contributed by atoms with Gasteiger partial charge < -0.3 is 9.80 Å². The second kappa shape index (κ2) is 12.8. The molecule has 12 nitrogen and oxygen atoms in total. The first-order chi connectivity index (χ1) is 23.9. The Hall–Kier alpha value is -5.50. The van der Waals surface area contributed by atoms with Crippen LogP contribution in [0, 0.1) is 11.6 Å². The normalized spacial score (nSPS) is 18.8. The first kappa shape index (κ1) is 30.8. The molecule has 1 aromatic carbocycles. The molecule has 3 amide bonds. The summed E-state index contributed by atoms with van der Waals surface area (Å²) in [6, 6.07) is 14.5. The number of fused-ring (bicyclic) bond motifs is 1. The van der Waals surface area contributed by atoms with Crippen LogP contribution in [0.4, 0.5) is 30.9 Å². The molecule has 49 heavy (non-hydrogen) atoms. The molecular formula is C35H34F2N10O2. The average Bonchev–Trinajstić information content (AvgIpc) is 3.78. The average molecular weight is 665 g/mol. The summed E-state index contributed by atoms with van der Waals surface area (Å²) < 4.78 is 30.5. The Balaban J connectivity index is 0.943. The minimum absolute atomic E-state index is 0.261. The molecule has 3 saturated heterocycles. The third-order valence-corrected chi connectivity index (χ3v) is 9.49. The SMILES string of the molecule is O=C1CCN(c2ccc(CN3CCN(c4cccc(-c5cnn6ccc(N7CCC[C@@H]7c7cc(F)ccc7F)nc56)n4)CC3)nc2)C(=O)N1. The fourth-order valence-corrected chi connectivity index (χ4v) is 6.93. The summed E-state index contributed by atoms with van der Waals surface area (Å²) in [6.45, 7) is 4.97. The molecule has 8 rings (SSSR count). The topological polar surface area (TPSA) is 115 Å². The van der Waals surface area contributed by atoms with Gasteiger partial charge in [-0.25, -0.2) is 28.1 Å². The molecule has 0 bridgehead atoms. The van der Waals surface area contributed by atoms with Crippen LogP contribution in [0.5, 0.6) is 0 Å². The zero-order chi connectivity index (χ0) is 33.5. The molecule has 3 aliphatic heterocycles. The van der Waals surface area contributed by atoms with Crippen molar-refractivity contribution in [3.63, 3.8) is 0 Å². The summed E-state index contributed by atoms with van der Waals surface area (Å²) >= 11 is 0. The van der Waals surface area contributed by atoms with E-state index in [1.165, 1.54) is 17.0 Å². The van der Waals surface area contributed by atoms with Crippen LogP contribution >= 0.6 is 0 Å². The van der Waals surface area contributed by atoms with Crippen LogP contribution in [0.15, 0.2) is 73.2 Å². The zero-order valence-electron chi connectivity index (χ0n) is 26.7. The lowest BCUT2D eigenvalue weighted by Gasteiger charge is -2.35. The van der Waals surface area contributed by atoms with E-state index in [0.29, 0.717) is 48.8 Å². The molecule has 0 saturated carbocycles. The Labute approximate surface area is 281 Å². The van der Waals surface area contributed by atoms with Crippen molar-refractivity contribution >= 4 is 34.9 Å². The number of piperazine rings is 1. The van der Waals surface area contributed by atoms with E-state index in [-0.39, 0.29) is 18.4 Å². The highest BCUT2D eigenvalue weighted by Crippen LogP contribution is 2.37. The Kier molecular flexibility index (Phi) is 8.07. The Morgan fingerprint density at radius 2 is 1.76 bits per heavy atom. The Morgan fingerprint density at radius 3 is 2.57 bits per heavy atom. The van der Waals surface area contributed by atoms with Crippen LogP contribution < -0.4 is 20.0 Å². The highest BCUT2D eigenvalue weighted by Gasteiger charge is 2.30. The molecule has 1 atom stereocenters. The Bertz CT molecular complexity index is 2030. The van der Waals surface area contributed by atoms with E-state index in [2.05, 4.69) is 25.2 Å². The van der Waals surface area contributed by atoms with E-state index in [4.69, 9.17) is 9.97 Å². The van der Waals surface area contributed by atoms with Gasteiger partial charge in [0, 0.05) is 64.0 Å². The van der Waals surface area contributed by atoms with Crippen molar-refractivity contribution in [1.82, 2.24) is 34.8 Å². The molecule has 4 aromatic heterocycles. The monoisotopic (exact) mass is 664 g/mol. The van der Waals surface area contributed by atoms with Gasteiger partial charge in [-0.15, -0.1) is 0 Å². The molecule has 0 spiro atoms. The molecule has 3 aliphatic rings. The number of halogens is 2. The van der Waals surface area contributed by atoms with Crippen LogP contribution in [-0.4, -0.2) is 80.7 Å². The van der Waals surface area contributed by atoms with Crippen molar-refractivity contribution < 1.29 is 18.4 Å². The smallest absolute Gasteiger partial charge is 0.328 e. The van der Waals surface area contributed by atoms with E-state index >= 15 is 0 Å². The molecule has 0 radical (unpaired) electrons. The molecule has 5 aromatic rings. The third-order valence-electron chi connectivity index (χ3n) is 9.49. The lowest BCUT2D eigenvalue weighted by molar-refractivity contribution is -0.120. The van der Waals surface area contributed by atoms with Crippen LogP contribution in [0.25, 0.3) is 16.9 Å². The van der Waals surface area contributed by atoms with Gasteiger partial charge in [0.05, 0.1) is 41.1 Å². The van der Waals surface area contributed by atoms with Crippen molar-refractivity contribution in [2.75, 3.05) is 54.0 Å². The number of benzene rings is 1. The summed E-state index contributed by atoms with van der Waals surface area (Å²) in [6.07, 6.45) is 7.12. The second-order valence-corrected chi connectivity index (χ2v) is 12.5. The number of hydrogen-bond acceptors (Lipinski definition) is 9. The quantitative estimate of drug-likeness (QED) is 0.267. The lowest BCUT2D eigenvalue weighted by atomic mass is 10.0. The van der Waals surface area contributed by atoms with E-state index in [9.17, 15) is 18.4 Å². The third kappa shape index (κ3) is 6.15. The van der Waals surface area contributed by atoms with Gasteiger partial charge in [0.2, 0.25) is 5.91 Å². The number of aromatic nitrogens is 5. The van der Waals surface area contributed by atoms with Crippen molar-refractivity contribution in [2.45, 2.75) is 31.8 Å². The number of urea groups is 1. The maximum Gasteiger partial charge on any atom is 0.328 e. The Morgan fingerprint density at radius 1 is 0.878 bits per heavy atom. The predicted molar refractivity (Wildman–Crippen MR) is 179 cm³/mol. The standard InChI is InChI=1S/C35H34F2N10O2/c36-23-6-9-28(37)26(19-23)30-4-2-12-46(30)32-10-14-47-34(41-32)27(21-39-47)29-3-1-5-31(40-29)44-17-15-43(16-18-44)22-24-7-8-25(20-38-24)45-13-11-33(48)42-35(45)49/h1,3,5-10,14,19-21,30H,2,4,11-13,15-18,22H2,(H,42,48,49)/t30-/m1/s1. The zero-order valence-corrected chi connectivity index (χ0v) is 26.7. The molecule has 3 fully saturated rings. The molecule has 0 unspecified atom stereocenters. The van der Waals surface area contributed by atoms with Crippen molar-refractivity contribution in [2.24, 2.45) is 0 Å². The van der Waals surface area contributed by atoms with Crippen molar-refractivity contribution in [1.29, 1.82) is 0 Å². The van der Waals surface area contributed by atoms with Gasteiger partial charge in [0.1, 0.15) is 23.3 Å². The minimum Gasteiger partial charge on any atom is -0.354 e. The number of anilines is 3. The highest BCUT2D eigenvalue weighted by atomic mass is 19.1. The van der Waals surface area contributed by atoms with Crippen LogP contribution in [0.3, 0.4) is 0 Å². The first-order valence-electron chi connectivity index (χ1n) is 16.5. The van der Waals surface area contributed by atoms with Gasteiger partial charge in [-0.1, -0.05) is 6.07 Å². The number of amides is 3. The summed E-state index contributed by atoms with van der Waals surface area (Å²) in [5.41, 5.74) is 4.11. The fraction of sp³-hybridized carbons (Fsp3) is 0.314.